The first kappa shape index (κ1) is 29.3. The number of halogens is 1. The first-order chi connectivity index (χ1) is 20.8. The minimum absolute atomic E-state index is 0.0176. The molecular weight excluding hydrogens is 570 g/mol. The molecule has 0 aliphatic carbocycles. The van der Waals surface area contributed by atoms with Crippen LogP contribution in [0.25, 0.3) is 0 Å². The lowest BCUT2D eigenvalue weighted by Gasteiger charge is -2.33. The third-order valence-corrected chi connectivity index (χ3v) is 7.36. The van der Waals surface area contributed by atoms with Gasteiger partial charge < -0.3 is 19.7 Å². The maximum absolute atomic E-state index is 14.2. The van der Waals surface area contributed by atoms with Crippen LogP contribution in [0.1, 0.15) is 27.5 Å². The molecule has 0 saturated heterocycles. The number of para-hydroxylation sites is 1. The zero-order valence-electron chi connectivity index (χ0n) is 23.5. The molecule has 0 saturated carbocycles. The Morgan fingerprint density at radius 1 is 0.837 bits per heavy atom. The van der Waals surface area contributed by atoms with E-state index in [-0.39, 0.29) is 12.1 Å². The minimum atomic E-state index is -1.13. The van der Waals surface area contributed by atoms with Gasteiger partial charge in [-0.25, -0.2) is 0 Å². The van der Waals surface area contributed by atoms with Gasteiger partial charge in [-0.05, 0) is 71.8 Å². The van der Waals surface area contributed by atoms with Crippen LogP contribution < -0.4 is 19.7 Å². The van der Waals surface area contributed by atoms with Crippen molar-refractivity contribution in [3.8, 4) is 11.5 Å². The molecule has 0 radical (unpaired) electrons. The van der Waals surface area contributed by atoms with Crippen molar-refractivity contribution >= 4 is 46.5 Å². The number of rotatable bonds is 10. The highest BCUT2D eigenvalue weighted by molar-refractivity contribution is 6.52. The van der Waals surface area contributed by atoms with Crippen LogP contribution in [0.4, 0.5) is 11.4 Å². The fourth-order valence-electron chi connectivity index (χ4n) is 4.89. The third kappa shape index (κ3) is 6.37. The zero-order valence-corrected chi connectivity index (χ0v) is 24.2. The van der Waals surface area contributed by atoms with E-state index in [0.29, 0.717) is 33.5 Å². The highest BCUT2D eigenvalue weighted by Gasteiger charge is 2.39. The Kier molecular flexibility index (Phi) is 8.73. The largest absolute Gasteiger partial charge is 0.497 e. The van der Waals surface area contributed by atoms with E-state index in [1.54, 1.807) is 111 Å². The normalized spacial score (nSPS) is 12.9. The second-order valence-electron chi connectivity index (χ2n) is 9.78. The Balaban J connectivity index is 1.54. The third-order valence-electron chi connectivity index (χ3n) is 7.11. The van der Waals surface area contributed by atoms with Gasteiger partial charge in [-0.1, -0.05) is 48.0 Å². The number of nitrogens with one attached hydrogen (secondary N) is 1. The number of anilines is 2. The molecule has 0 aromatic heterocycles. The first-order valence-electron chi connectivity index (χ1n) is 13.4. The zero-order chi connectivity index (χ0) is 30.5. The number of amides is 3. The average Bonchev–Trinajstić information content (AvgIpc) is 3.27. The van der Waals surface area contributed by atoms with Crippen LogP contribution in [-0.4, -0.2) is 49.2 Å². The van der Waals surface area contributed by atoms with Crippen LogP contribution in [-0.2, 0) is 20.9 Å². The molecule has 10 heteroatoms. The van der Waals surface area contributed by atoms with Gasteiger partial charge in [0.05, 0.1) is 25.5 Å². The van der Waals surface area contributed by atoms with Gasteiger partial charge in [-0.15, -0.1) is 0 Å². The number of fused-ring (bicyclic) bond motifs is 1. The average molecular weight is 598 g/mol. The molecule has 0 unspecified atom stereocenters. The molecule has 1 atom stereocenters. The van der Waals surface area contributed by atoms with Crippen molar-refractivity contribution in [1.82, 2.24) is 4.90 Å². The van der Waals surface area contributed by atoms with Gasteiger partial charge in [0.25, 0.3) is 17.6 Å². The maximum atomic E-state index is 14.2. The maximum Gasteiger partial charge on any atom is 0.299 e. The van der Waals surface area contributed by atoms with Gasteiger partial charge in [-0.3, -0.25) is 24.1 Å². The van der Waals surface area contributed by atoms with Crippen molar-refractivity contribution in [2.45, 2.75) is 12.6 Å². The van der Waals surface area contributed by atoms with E-state index >= 15 is 0 Å². The summed E-state index contributed by atoms with van der Waals surface area (Å²) < 4.78 is 10.5. The minimum Gasteiger partial charge on any atom is -0.497 e. The molecule has 4 aromatic carbocycles. The molecule has 5 rings (SSSR count). The molecule has 1 aliphatic rings. The summed E-state index contributed by atoms with van der Waals surface area (Å²) in [5, 5.41) is 3.36. The summed E-state index contributed by atoms with van der Waals surface area (Å²) in [6.07, 6.45) is 0. The van der Waals surface area contributed by atoms with Crippen molar-refractivity contribution in [1.29, 1.82) is 0 Å². The van der Waals surface area contributed by atoms with Crippen molar-refractivity contribution in [2.75, 3.05) is 31.0 Å². The number of nitrogens with zero attached hydrogens (tertiary/aromatic N) is 2. The summed E-state index contributed by atoms with van der Waals surface area (Å²) in [6.45, 7) is -0.429. The van der Waals surface area contributed by atoms with Crippen LogP contribution in [0.15, 0.2) is 97.1 Å². The van der Waals surface area contributed by atoms with Crippen LogP contribution in [0.5, 0.6) is 11.5 Å². The van der Waals surface area contributed by atoms with Gasteiger partial charge in [0, 0.05) is 17.3 Å². The molecule has 43 heavy (non-hydrogen) atoms. The number of ketones is 1. The molecule has 218 valence electrons. The molecule has 0 fully saturated rings. The summed E-state index contributed by atoms with van der Waals surface area (Å²) in [4.78, 5) is 56.3. The van der Waals surface area contributed by atoms with Crippen molar-refractivity contribution < 1.29 is 28.7 Å². The summed E-state index contributed by atoms with van der Waals surface area (Å²) in [6, 6.07) is 25.9. The van der Waals surface area contributed by atoms with E-state index in [2.05, 4.69) is 5.32 Å². The van der Waals surface area contributed by atoms with E-state index in [1.165, 1.54) is 4.90 Å². The summed E-state index contributed by atoms with van der Waals surface area (Å²) in [5.74, 6) is -1.27. The highest BCUT2D eigenvalue weighted by Crippen LogP contribution is 2.31. The number of benzene rings is 4. The number of hydrogen-bond donors (Lipinski definition) is 1. The van der Waals surface area contributed by atoms with Crippen molar-refractivity contribution in [3.05, 3.63) is 119 Å². The van der Waals surface area contributed by atoms with Gasteiger partial charge >= 0.3 is 0 Å². The molecule has 3 amide bonds. The fraction of sp³-hybridized carbons (Fsp3) is 0.152. The number of carbonyl (C=O) groups excluding carboxylic acids is 4. The Morgan fingerprint density at radius 3 is 2.07 bits per heavy atom. The second kappa shape index (κ2) is 12.8. The number of ether oxygens (including phenoxy) is 2. The number of carbonyl (C=O) groups is 4. The van der Waals surface area contributed by atoms with Crippen LogP contribution in [0.3, 0.4) is 0 Å². The molecule has 0 spiro atoms. The lowest BCUT2D eigenvalue weighted by atomic mass is 10.0. The molecule has 1 heterocycles. The Labute approximate surface area is 253 Å². The molecular formula is C33H28ClN3O6. The molecule has 4 aromatic rings. The Bertz CT molecular complexity index is 1660. The van der Waals surface area contributed by atoms with Crippen LogP contribution >= 0.6 is 11.6 Å². The predicted octanol–water partition coefficient (Wildman–Crippen LogP) is 5.30. The molecule has 0 bridgehead atoms. The lowest BCUT2D eigenvalue weighted by molar-refractivity contribution is -0.139. The van der Waals surface area contributed by atoms with Crippen LogP contribution in [0.2, 0.25) is 5.02 Å². The first-order valence-corrected chi connectivity index (χ1v) is 13.7. The summed E-state index contributed by atoms with van der Waals surface area (Å²) >= 11 is 6.16. The second-order valence-corrected chi connectivity index (χ2v) is 10.2. The number of hydrogen-bond acceptors (Lipinski definition) is 6. The molecule has 9 nitrogen and oxygen atoms in total. The van der Waals surface area contributed by atoms with E-state index in [9.17, 15) is 19.2 Å². The molecule has 1 aliphatic heterocycles. The van der Waals surface area contributed by atoms with E-state index in [0.717, 1.165) is 10.5 Å². The summed E-state index contributed by atoms with van der Waals surface area (Å²) in [7, 11) is 3.10. The van der Waals surface area contributed by atoms with Gasteiger partial charge in [-0.2, -0.15) is 0 Å². The number of methoxy groups -OCH3 is 2. The van der Waals surface area contributed by atoms with E-state index in [4.69, 9.17) is 21.1 Å². The van der Waals surface area contributed by atoms with Gasteiger partial charge in [0.15, 0.2) is 0 Å². The monoisotopic (exact) mass is 597 g/mol. The van der Waals surface area contributed by atoms with E-state index in [1.807, 2.05) is 0 Å². The lowest BCUT2D eigenvalue weighted by Crippen LogP contribution is -2.46. The number of Topliss-reactive ketones (excluding diaryl/α,β-unsaturated/α-hetero) is 1. The summed E-state index contributed by atoms with van der Waals surface area (Å²) in [5.41, 5.74) is 2.29. The van der Waals surface area contributed by atoms with E-state index < -0.39 is 36.1 Å². The van der Waals surface area contributed by atoms with Crippen molar-refractivity contribution in [2.24, 2.45) is 0 Å². The highest BCUT2D eigenvalue weighted by atomic mass is 35.5. The van der Waals surface area contributed by atoms with Gasteiger partial charge in [0.2, 0.25) is 5.91 Å². The molecule has 1 N–H and O–H groups in total. The quantitative estimate of drug-likeness (QED) is 0.249. The van der Waals surface area contributed by atoms with Gasteiger partial charge in [0.1, 0.15) is 24.1 Å². The van der Waals surface area contributed by atoms with Crippen molar-refractivity contribution in [3.63, 3.8) is 0 Å². The Hall–Kier alpha value is -5.15. The smallest absolute Gasteiger partial charge is 0.299 e. The standard InChI is InChI=1S/C33H28ClN3O6/c1-42-25-15-7-21(8-16-25)19-37(29(38)20-36-28-6-4-3-5-27(28)31(39)33(36)41)30(22-9-11-23(34)12-10-22)32(40)35-24-13-17-26(43-2)18-14-24/h3-18,30H,19-20H2,1-2H3,(H,35,40)/t30-/m0/s1. The Morgan fingerprint density at radius 2 is 1.44 bits per heavy atom. The van der Waals surface area contributed by atoms with Crippen LogP contribution in [0, 0.1) is 0 Å². The SMILES string of the molecule is COc1ccc(CN(C(=O)CN2C(=O)C(=O)c3ccccc32)[C@H](C(=O)Nc2ccc(OC)cc2)c2ccc(Cl)cc2)cc1. The predicted molar refractivity (Wildman–Crippen MR) is 162 cm³/mol. The topological polar surface area (TPSA) is 105 Å². The fourth-order valence-corrected chi connectivity index (χ4v) is 5.01.